The summed E-state index contributed by atoms with van der Waals surface area (Å²) >= 11 is 0. The van der Waals surface area contributed by atoms with E-state index in [9.17, 15) is 14.4 Å². The molecule has 36 heavy (non-hydrogen) atoms. The number of amides is 2. The smallest absolute Gasteiger partial charge is 0.363 e. The van der Waals surface area contributed by atoms with E-state index in [1.165, 1.54) is 0 Å². The summed E-state index contributed by atoms with van der Waals surface area (Å²) < 4.78 is 5.76. The highest BCUT2D eigenvalue weighted by atomic mass is 16.7. The number of carbonyl (C=O) groups excluding carboxylic acids is 3. The molecule has 0 bridgehead atoms. The lowest BCUT2D eigenvalue weighted by molar-refractivity contribution is -0.172. The standard InChI is InChI=1S/C27H30N4O5/c1-17-14-23(35-3)21(20-10-11-28-26(17)20)15-30-13-12-29(2)16-22(30)18-4-6-19(7-5-18)27(34)36-31-24(32)8-9-25(31)33/h4-7,10-11,14,22,28H,8-9,12-13,15-16H2,1-3H3. The molecule has 0 aliphatic carbocycles. The summed E-state index contributed by atoms with van der Waals surface area (Å²) in [5, 5.41) is 1.73. The first kappa shape index (κ1) is 24.0. The molecule has 1 aromatic heterocycles. The number of aryl methyl sites for hydroxylation is 1. The number of ether oxygens (including phenoxy) is 1. The zero-order valence-corrected chi connectivity index (χ0v) is 20.7. The summed E-state index contributed by atoms with van der Waals surface area (Å²) in [5.41, 5.74) is 4.77. The zero-order valence-electron chi connectivity index (χ0n) is 20.7. The number of fused-ring (bicyclic) bond motifs is 1. The summed E-state index contributed by atoms with van der Waals surface area (Å²) in [6.45, 7) is 5.46. The number of H-pyrrole nitrogens is 1. The van der Waals surface area contributed by atoms with E-state index in [-0.39, 0.29) is 24.4 Å². The summed E-state index contributed by atoms with van der Waals surface area (Å²) in [4.78, 5) is 49.2. The van der Waals surface area contributed by atoms with Crippen LogP contribution < -0.4 is 4.74 Å². The van der Waals surface area contributed by atoms with E-state index >= 15 is 0 Å². The van der Waals surface area contributed by atoms with Crippen molar-refractivity contribution < 1.29 is 24.0 Å². The Morgan fingerprint density at radius 3 is 2.50 bits per heavy atom. The van der Waals surface area contributed by atoms with Gasteiger partial charge in [-0.3, -0.25) is 14.5 Å². The molecular weight excluding hydrogens is 460 g/mol. The van der Waals surface area contributed by atoms with Crippen LogP contribution in [-0.4, -0.2) is 71.4 Å². The van der Waals surface area contributed by atoms with Gasteiger partial charge in [-0.1, -0.05) is 12.1 Å². The van der Waals surface area contributed by atoms with E-state index in [2.05, 4.69) is 40.9 Å². The zero-order chi connectivity index (χ0) is 25.4. The molecule has 188 valence electrons. The SMILES string of the molecule is COc1cc(C)c2[nH]ccc2c1CN1CCN(C)CC1c1ccc(C(=O)ON2C(=O)CCC2=O)cc1. The van der Waals surface area contributed by atoms with Gasteiger partial charge in [0.1, 0.15) is 5.75 Å². The third kappa shape index (κ3) is 4.47. The number of nitrogens with zero attached hydrogens (tertiary/aromatic N) is 3. The van der Waals surface area contributed by atoms with Crippen molar-refractivity contribution in [3.63, 3.8) is 0 Å². The number of imide groups is 1. The van der Waals surface area contributed by atoms with Gasteiger partial charge in [-0.05, 0) is 49.4 Å². The van der Waals surface area contributed by atoms with E-state index < -0.39 is 17.8 Å². The largest absolute Gasteiger partial charge is 0.496 e. The van der Waals surface area contributed by atoms with Crippen LogP contribution in [0, 0.1) is 6.92 Å². The van der Waals surface area contributed by atoms with Crippen molar-refractivity contribution in [2.45, 2.75) is 32.4 Å². The van der Waals surface area contributed by atoms with E-state index in [0.717, 1.165) is 59.5 Å². The Bertz CT molecular complexity index is 1300. The molecule has 1 atom stereocenters. The van der Waals surface area contributed by atoms with Gasteiger partial charge in [0.2, 0.25) is 0 Å². The molecule has 9 heteroatoms. The van der Waals surface area contributed by atoms with Gasteiger partial charge in [0.05, 0.1) is 12.7 Å². The molecule has 2 aromatic carbocycles. The van der Waals surface area contributed by atoms with Crippen LogP contribution in [-0.2, 0) is 21.0 Å². The van der Waals surface area contributed by atoms with Crippen LogP contribution >= 0.6 is 0 Å². The highest BCUT2D eigenvalue weighted by Gasteiger charge is 2.33. The molecule has 0 saturated carbocycles. The van der Waals surface area contributed by atoms with E-state index in [4.69, 9.17) is 9.57 Å². The Morgan fingerprint density at radius 1 is 1.08 bits per heavy atom. The second-order valence-corrected chi connectivity index (χ2v) is 9.47. The number of piperazine rings is 1. The molecule has 2 saturated heterocycles. The Balaban J connectivity index is 1.38. The Kier molecular flexibility index (Phi) is 6.51. The van der Waals surface area contributed by atoms with Crippen molar-refractivity contribution >= 4 is 28.7 Å². The number of benzene rings is 2. The van der Waals surface area contributed by atoms with Gasteiger partial charge in [0, 0.05) is 67.7 Å². The fourth-order valence-corrected chi connectivity index (χ4v) is 5.08. The summed E-state index contributed by atoms with van der Waals surface area (Å²) in [6.07, 6.45) is 2.09. The molecular formula is C27H30N4O5. The van der Waals surface area contributed by atoms with E-state index in [0.29, 0.717) is 5.06 Å². The molecule has 3 aromatic rings. The molecule has 5 rings (SSSR count). The topological polar surface area (TPSA) is 95.2 Å². The van der Waals surface area contributed by atoms with Crippen molar-refractivity contribution in [2.75, 3.05) is 33.8 Å². The lowest BCUT2D eigenvalue weighted by Gasteiger charge is -2.40. The number of nitrogens with one attached hydrogen (secondary N) is 1. The predicted molar refractivity (Wildman–Crippen MR) is 133 cm³/mol. The Labute approximate surface area is 209 Å². The van der Waals surface area contributed by atoms with Crippen LogP contribution in [0.25, 0.3) is 10.9 Å². The summed E-state index contributed by atoms with van der Waals surface area (Å²) in [7, 11) is 3.82. The maximum Gasteiger partial charge on any atom is 0.363 e. The number of rotatable bonds is 6. The minimum atomic E-state index is -0.720. The second kappa shape index (κ2) is 9.75. The van der Waals surface area contributed by atoms with Crippen molar-refractivity contribution in [1.29, 1.82) is 0 Å². The minimum absolute atomic E-state index is 0.0664. The van der Waals surface area contributed by atoms with Crippen LogP contribution in [0.15, 0.2) is 42.6 Å². The number of hydrogen-bond acceptors (Lipinski definition) is 7. The monoisotopic (exact) mass is 490 g/mol. The quantitative estimate of drug-likeness (QED) is 0.530. The van der Waals surface area contributed by atoms with Crippen LogP contribution in [0.2, 0.25) is 0 Å². The summed E-state index contributed by atoms with van der Waals surface area (Å²) in [5.74, 6) is -0.828. The Hall–Kier alpha value is -3.69. The number of hydrogen-bond donors (Lipinski definition) is 1. The number of aromatic amines is 1. The van der Waals surface area contributed by atoms with Gasteiger partial charge < -0.3 is 19.5 Å². The van der Waals surface area contributed by atoms with Gasteiger partial charge in [0.15, 0.2) is 0 Å². The predicted octanol–water partition coefficient (Wildman–Crippen LogP) is 3.19. The molecule has 9 nitrogen and oxygen atoms in total. The molecule has 0 spiro atoms. The van der Waals surface area contributed by atoms with Crippen LogP contribution in [0.5, 0.6) is 5.75 Å². The van der Waals surface area contributed by atoms with Crippen molar-refractivity contribution in [3.8, 4) is 5.75 Å². The van der Waals surface area contributed by atoms with Crippen LogP contribution in [0.1, 0.15) is 45.9 Å². The number of aromatic nitrogens is 1. The first-order valence-corrected chi connectivity index (χ1v) is 12.1. The van der Waals surface area contributed by atoms with Gasteiger partial charge >= 0.3 is 5.97 Å². The highest BCUT2D eigenvalue weighted by Crippen LogP contribution is 2.35. The number of likely N-dealkylation sites (N-methyl/N-ethyl adjacent to an activating group) is 1. The fraction of sp³-hybridized carbons (Fsp3) is 0.370. The molecule has 2 aliphatic heterocycles. The molecule has 1 unspecified atom stereocenters. The van der Waals surface area contributed by atoms with Crippen LogP contribution in [0.3, 0.4) is 0 Å². The maximum absolute atomic E-state index is 12.5. The number of hydroxylamine groups is 2. The molecule has 2 fully saturated rings. The lowest BCUT2D eigenvalue weighted by atomic mass is 9.98. The van der Waals surface area contributed by atoms with Gasteiger partial charge in [-0.25, -0.2) is 4.79 Å². The first-order valence-electron chi connectivity index (χ1n) is 12.1. The maximum atomic E-state index is 12.5. The second-order valence-electron chi connectivity index (χ2n) is 9.47. The number of methoxy groups -OCH3 is 1. The highest BCUT2D eigenvalue weighted by molar-refractivity contribution is 6.02. The Morgan fingerprint density at radius 2 is 1.81 bits per heavy atom. The van der Waals surface area contributed by atoms with Gasteiger partial charge in [0.25, 0.3) is 11.8 Å². The molecule has 2 amide bonds. The van der Waals surface area contributed by atoms with Gasteiger partial charge in [-0.2, -0.15) is 0 Å². The number of carbonyl (C=O) groups is 3. The average Bonchev–Trinajstić information content (AvgIpc) is 3.50. The lowest BCUT2D eigenvalue weighted by Crippen LogP contribution is -2.46. The van der Waals surface area contributed by atoms with Crippen molar-refractivity contribution in [1.82, 2.24) is 19.8 Å². The molecule has 2 aliphatic rings. The van der Waals surface area contributed by atoms with Gasteiger partial charge in [-0.15, -0.1) is 5.06 Å². The third-order valence-electron chi connectivity index (χ3n) is 7.10. The normalized spacial score (nSPS) is 19.3. The minimum Gasteiger partial charge on any atom is -0.496 e. The van der Waals surface area contributed by atoms with Crippen LogP contribution in [0.4, 0.5) is 0 Å². The molecule has 1 N–H and O–H groups in total. The average molecular weight is 491 g/mol. The van der Waals surface area contributed by atoms with Crippen molar-refractivity contribution in [2.24, 2.45) is 0 Å². The first-order chi connectivity index (χ1) is 17.4. The van der Waals surface area contributed by atoms with Crippen molar-refractivity contribution in [3.05, 3.63) is 64.8 Å². The van der Waals surface area contributed by atoms with E-state index in [1.807, 2.05) is 18.3 Å². The third-order valence-corrected chi connectivity index (χ3v) is 7.10. The summed E-state index contributed by atoms with van der Waals surface area (Å²) in [6, 6.07) is 11.5. The molecule has 3 heterocycles. The molecule has 0 radical (unpaired) electrons. The fourth-order valence-electron chi connectivity index (χ4n) is 5.08. The van der Waals surface area contributed by atoms with E-state index in [1.54, 1.807) is 19.2 Å².